The quantitative estimate of drug-likeness (QED) is 0.667. The summed E-state index contributed by atoms with van der Waals surface area (Å²) >= 11 is 0. The molecule has 0 aliphatic carbocycles. The molecule has 2 aromatic carbocycles. The van der Waals surface area contributed by atoms with Gasteiger partial charge in [0.05, 0.1) is 12.1 Å². The van der Waals surface area contributed by atoms with E-state index in [1.807, 2.05) is 18.2 Å². The van der Waals surface area contributed by atoms with Crippen LogP contribution >= 0.6 is 0 Å². The molecule has 0 aliphatic rings. The van der Waals surface area contributed by atoms with Crippen LogP contribution in [0.2, 0.25) is 0 Å². The van der Waals surface area contributed by atoms with Gasteiger partial charge in [-0.15, -0.1) is 0 Å². The highest BCUT2D eigenvalue weighted by molar-refractivity contribution is 5.78. The van der Waals surface area contributed by atoms with E-state index in [-0.39, 0.29) is 18.1 Å². The second kappa shape index (κ2) is 8.24. The molecule has 128 valence electrons. The van der Waals surface area contributed by atoms with Gasteiger partial charge in [0.15, 0.2) is 5.76 Å². The van der Waals surface area contributed by atoms with Crippen molar-refractivity contribution in [3.63, 3.8) is 0 Å². The van der Waals surface area contributed by atoms with Gasteiger partial charge in [0, 0.05) is 18.2 Å². The molecule has 0 saturated carbocycles. The fourth-order valence-electron chi connectivity index (χ4n) is 2.54. The summed E-state index contributed by atoms with van der Waals surface area (Å²) in [5.74, 6) is 0.122. The number of nitrogens with one attached hydrogen (secondary N) is 1. The maximum Gasteiger partial charge on any atom is 0.226 e. The number of carbonyl (C=O) groups excluding carboxylic acids is 1. The van der Waals surface area contributed by atoms with Crippen LogP contribution in [-0.2, 0) is 17.6 Å². The van der Waals surface area contributed by atoms with Gasteiger partial charge >= 0.3 is 0 Å². The van der Waals surface area contributed by atoms with Crippen molar-refractivity contribution in [3.8, 4) is 11.3 Å². The lowest BCUT2D eigenvalue weighted by atomic mass is 10.1. The number of rotatable bonds is 7. The van der Waals surface area contributed by atoms with E-state index in [4.69, 9.17) is 4.52 Å². The second-order valence-corrected chi connectivity index (χ2v) is 5.81. The van der Waals surface area contributed by atoms with Gasteiger partial charge in [-0.05, 0) is 42.7 Å². The molecule has 1 aromatic heterocycles. The van der Waals surface area contributed by atoms with E-state index in [9.17, 15) is 9.18 Å². The number of halogens is 1. The first-order valence-electron chi connectivity index (χ1n) is 8.23. The van der Waals surface area contributed by atoms with E-state index in [1.165, 1.54) is 17.7 Å². The van der Waals surface area contributed by atoms with Crippen molar-refractivity contribution in [2.45, 2.75) is 19.3 Å². The summed E-state index contributed by atoms with van der Waals surface area (Å²) in [4.78, 5) is 12.0. The first-order chi connectivity index (χ1) is 12.2. The first-order valence-corrected chi connectivity index (χ1v) is 8.23. The van der Waals surface area contributed by atoms with Crippen LogP contribution in [0.3, 0.4) is 0 Å². The maximum atomic E-state index is 12.9. The highest BCUT2D eigenvalue weighted by atomic mass is 19.1. The van der Waals surface area contributed by atoms with Crippen LogP contribution in [0.5, 0.6) is 0 Å². The van der Waals surface area contributed by atoms with Gasteiger partial charge in [-0.1, -0.05) is 35.5 Å². The summed E-state index contributed by atoms with van der Waals surface area (Å²) in [6.45, 7) is 0.621. The minimum absolute atomic E-state index is 0.0907. The zero-order valence-electron chi connectivity index (χ0n) is 13.7. The lowest BCUT2D eigenvalue weighted by Crippen LogP contribution is -2.26. The van der Waals surface area contributed by atoms with Gasteiger partial charge in [0.2, 0.25) is 5.91 Å². The number of nitrogens with zero attached hydrogens (tertiary/aromatic N) is 1. The Hall–Kier alpha value is -2.95. The average molecular weight is 338 g/mol. The Balaban J connectivity index is 1.44. The molecular weight excluding hydrogens is 319 g/mol. The van der Waals surface area contributed by atoms with Gasteiger partial charge in [0.25, 0.3) is 0 Å². The van der Waals surface area contributed by atoms with Gasteiger partial charge in [-0.25, -0.2) is 4.39 Å². The molecule has 0 aliphatic heterocycles. The third-order valence-corrected chi connectivity index (χ3v) is 3.84. The van der Waals surface area contributed by atoms with Crippen LogP contribution in [0.25, 0.3) is 11.3 Å². The van der Waals surface area contributed by atoms with Gasteiger partial charge in [-0.3, -0.25) is 4.79 Å². The first kappa shape index (κ1) is 16.9. The molecule has 0 radical (unpaired) electrons. The van der Waals surface area contributed by atoms with E-state index in [0.29, 0.717) is 18.0 Å². The fraction of sp³-hybridized carbons (Fsp3) is 0.200. The Morgan fingerprint density at radius 1 is 1.08 bits per heavy atom. The molecule has 0 spiro atoms. The van der Waals surface area contributed by atoms with E-state index >= 15 is 0 Å². The van der Waals surface area contributed by atoms with E-state index in [0.717, 1.165) is 18.4 Å². The topological polar surface area (TPSA) is 55.1 Å². The Kier molecular flexibility index (Phi) is 5.57. The number of aromatic nitrogens is 1. The zero-order chi connectivity index (χ0) is 17.5. The molecule has 25 heavy (non-hydrogen) atoms. The van der Waals surface area contributed by atoms with E-state index in [2.05, 4.69) is 22.6 Å². The van der Waals surface area contributed by atoms with Crippen LogP contribution in [0.15, 0.2) is 65.2 Å². The molecule has 3 aromatic rings. The van der Waals surface area contributed by atoms with Crippen molar-refractivity contribution in [2.24, 2.45) is 0 Å². The van der Waals surface area contributed by atoms with Crippen LogP contribution < -0.4 is 5.32 Å². The van der Waals surface area contributed by atoms with Crippen LogP contribution in [0.4, 0.5) is 4.39 Å². The highest BCUT2D eigenvalue weighted by Gasteiger charge is 2.10. The second-order valence-electron chi connectivity index (χ2n) is 5.81. The standard InChI is InChI=1S/C20H19FN2O2/c21-17-10-8-16(9-11-17)19-13-18(23-25-19)14-20(24)22-12-4-7-15-5-2-1-3-6-15/h1-3,5-6,8-11,13H,4,7,12,14H2,(H,22,24). The summed E-state index contributed by atoms with van der Waals surface area (Å²) in [5, 5.41) is 6.79. The molecule has 1 N–H and O–H groups in total. The number of hydrogen-bond donors (Lipinski definition) is 1. The van der Waals surface area contributed by atoms with Crippen molar-refractivity contribution in [1.82, 2.24) is 10.5 Å². The van der Waals surface area contributed by atoms with Crippen LogP contribution in [0, 0.1) is 5.82 Å². The van der Waals surface area contributed by atoms with Crippen molar-refractivity contribution in [3.05, 3.63) is 77.7 Å². The van der Waals surface area contributed by atoms with Crippen molar-refractivity contribution in [1.29, 1.82) is 0 Å². The summed E-state index contributed by atoms with van der Waals surface area (Å²) in [6, 6.07) is 17.8. The van der Waals surface area contributed by atoms with Crippen LogP contribution in [-0.4, -0.2) is 17.6 Å². The molecule has 1 amide bonds. The monoisotopic (exact) mass is 338 g/mol. The third kappa shape index (κ3) is 5.01. The third-order valence-electron chi connectivity index (χ3n) is 3.84. The summed E-state index contributed by atoms with van der Waals surface area (Å²) < 4.78 is 18.2. The molecule has 0 bridgehead atoms. The predicted molar refractivity (Wildman–Crippen MR) is 93.4 cm³/mol. The lowest BCUT2D eigenvalue weighted by molar-refractivity contribution is -0.120. The molecule has 3 rings (SSSR count). The minimum atomic E-state index is -0.307. The zero-order valence-corrected chi connectivity index (χ0v) is 13.7. The Bertz CT molecular complexity index is 813. The fourth-order valence-corrected chi connectivity index (χ4v) is 2.54. The SMILES string of the molecule is O=C(Cc1cc(-c2ccc(F)cc2)on1)NCCCc1ccccc1. The number of hydrogen-bond acceptors (Lipinski definition) is 3. The summed E-state index contributed by atoms with van der Waals surface area (Å²) in [5.41, 5.74) is 2.54. The highest BCUT2D eigenvalue weighted by Crippen LogP contribution is 2.20. The van der Waals surface area contributed by atoms with E-state index in [1.54, 1.807) is 18.2 Å². The normalized spacial score (nSPS) is 10.6. The maximum absolute atomic E-state index is 12.9. The molecule has 4 nitrogen and oxygen atoms in total. The number of aryl methyl sites for hydroxylation is 1. The van der Waals surface area contributed by atoms with Crippen molar-refractivity contribution >= 4 is 5.91 Å². The van der Waals surface area contributed by atoms with Crippen molar-refractivity contribution < 1.29 is 13.7 Å². The Morgan fingerprint density at radius 3 is 2.60 bits per heavy atom. The smallest absolute Gasteiger partial charge is 0.226 e. The predicted octanol–water partition coefficient (Wildman–Crippen LogP) is 3.77. The number of benzene rings is 2. The van der Waals surface area contributed by atoms with E-state index < -0.39 is 0 Å². The number of carbonyl (C=O) groups is 1. The average Bonchev–Trinajstić information content (AvgIpc) is 3.09. The van der Waals surface area contributed by atoms with Gasteiger partial charge in [0.1, 0.15) is 5.82 Å². The van der Waals surface area contributed by atoms with Crippen LogP contribution in [0.1, 0.15) is 17.7 Å². The van der Waals surface area contributed by atoms with Crippen molar-refractivity contribution in [2.75, 3.05) is 6.54 Å². The molecule has 0 saturated heterocycles. The Labute approximate surface area is 145 Å². The molecule has 0 atom stereocenters. The molecular formula is C20H19FN2O2. The molecule has 0 unspecified atom stereocenters. The number of amides is 1. The summed E-state index contributed by atoms with van der Waals surface area (Å²) in [6.07, 6.45) is 1.98. The molecule has 5 heteroatoms. The summed E-state index contributed by atoms with van der Waals surface area (Å²) in [7, 11) is 0. The minimum Gasteiger partial charge on any atom is -0.356 e. The molecule has 0 fully saturated rings. The lowest BCUT2D eigenvalue weighted by Gasteiger charge is -2.04. The molecule has 1 heterocycles. The largest absolute Gasteiger partial charge is 0.356 e. The van der Waals surface area contributed by atoms with Gasteiger partial charge < -0.3 is 9.84 Å². The van der Waals surface area contributed by atoms with Gasteiger partial charge in [-0.2, -0.15) is 0 Å². The Morgan fingerprint density at radius 2 is 1.84 bits per heavy atom.